The Hall–Kier alpha value is -1.60. The van der Waals surface area contributed by atoms with E-state index >= 15 is 0 Å². The minimum absolute atomic E-state index is 0.0365. The van der Waals surface area contributed by atoms with Crippen LogP contribution in [0.5, 0.6) is 11.5 Å². The van der Waals surface area contributed by atoms with Gasteiger partial charge >= 0.3 is 0 Å². The summed E-state index contributed by atoms with van der Waals surface area (Å²) < 4.78 is 11.3. The molecule has 1 aromatic carbocycles. The molecule has 1 amide bonds. The van der Waals surface area contributed by atoms with Crippen LogP contribution in [0.3, 0.4) is 0 Å². The number of hydrogen-bond donors (Lipinski definition) is 4. The molecule has 5 N–H and O–H groups in total. The molecule has 1 heterocycles. The SMILES string of the molecule is N[C@@H](Cc1ccc(O)c(O)c1)C(=O)NC1CCS(=O)CC1. The first-order valence-electron chi connectivity index (χ1n) is 6.87. The van der Waals surface area contributed by atoms with E-state index in [2.05, 4.69) is 5.32 Å². The fraction of sp³-hybridized carbons (Fsp3) is 0.500. The number of nitrogens with two attached hydrogens (primary N) is 1. The Morgan fingerprint density at radius 1 is 1.33 bits per heavy atom. The molecular formula is C14H20N2O4S. The van der Waals surface area contributed by atoms with Crippen LogP contribution in [-0.4, -0.2) is 43.9 Å². The second-order valence-electron chi connectivity index (χ2n) is 5.26. The first-order chi connectivity index (χ1) is 9.95. The highest BCUT2D eigenvalue weighted by Gasteiger charge is 2.22. The van der Waals surface area contributed by atoms with Crippen molar-refractivity contribution >= 4 is 16.7 Å². The lowest BCUT2D eigenvalue weighted by Gasteiger charge is -2.24. The van der Waals surface area contributed by atoms with Crippen LogP contribution in [0.4, 0.5) is 0 Å². The van der Waals surface area contributed by atoms with Gasteiger partial charge in [-0.1, -0.05) is 6.07 Å². The van der Waals surface area contributed by atoms with E-state index in [0.29, 0.717) is 29.9 Å². The lowest BCUT2D eigenvalue weighted by atomic mass is 10.0. The number of nitrogens with one attached hydrogen (secondary N) is 1. The molecule has 0 radical (unpaired) electrons. The average molecular weight is 312 g/mol. The molecule has 1 saturated heterocycles. The second kappa shape index (κ2) is 6.91. The van der Waals surface area contributed by atoms with E-state index in [4.69, 9.17) is 5.73 Å². The standard InChI is InChI=1S/C14H20N2O4S/c15-11(7-9-1-2-12(17)13(18)8-9)14(19)16-10-3-5-21(20)6-4-10/h1-2,8,10-11,17-18H,3-7,15H2,(H,16,19)/t10?,11-,21?/m0/s1. The van der Waals surface area contributed by atoms with Crippen molar-refractivity contribution in [3.63, 3.8) is 0 Å². The molecule has 6 nitrogen and oxygen atoms in total. The lowest BCUT2D eigenvalue weighted by Crippen LogP contribution is -2.48. The van der Waals surface area contributed by atoms with Gasteiger partial charge in [-0.25, -0.2) is 0 Å². The minimum atomic E-state index is -0.757. The van der Waals surface area contributed by atoms with Crippen LogP contribution in [0.1, 0.15) is 18.4 Å². The van der Waals surface area contributed by atoms with Crippen molar-refractivity contribution in [1.29, 1.82) is 0 Å². The zero-order chi connectivity index (χ0) is 15.4. The molecule has 1 aliphatic rings. The molecular weight excluding hydrogens is 292 g/mol. The van der Waals surface area contributed by atoms with Crippen molar-refractivity contribution in [2.24, 2.45) is 5.73 Å². The number of benzene rings is 1. The van der Waals surface area contributed by atoms with Crippen LogP contribution in [0.2, 0.25) is 0 Å². The molecule has 0 bridgehead atoms. The van der Waals surface area contributed by atoms with Crippen molar-refractivity contribution in [3.8, 4) is 11.5 Å². The van der Waals surface area contributed by atoms with E-state index < -0.39 is 16.8 Å². The summed E-state index contributed by atoms with van der Waals surface area (Å²) in [7, 11) is -0.757. The summed E-state index contributed by atoms with van der Waals surface area (Å²) in [6.45, 7) is 0. The summed E-state index contributed by atoms with van der Waals surface area (Å²) in [6.07, 6.45) is 1.70. The van der Waals surface area contributed by atoms with Crippen molar-refractivity contribution < 1.29 is 19.2 Å². The van der Waals surface area contributed by atoms with Crippen LogP contribution >= 0.6 is 0 Å². The van der Waals surface area contributed by atoms with Gasteiger partial charge in [-0.3, -0.25) is 9.00 Å². The number of rotatable bonds is 4. The Balaban J connectivity index is 1.87. The number of phenolic OH excluding ortho intramolecular Hbond substituents is 2. The smallest absolute Gasteiger partial charge is 0.237 e. The first kappa shape index (κ1) is 15.8. The highest BCUT2D eigenvalue weighted by atomic mass is 32.2. The second-order valence-corrected chi connectivity index (χ2v) is 6.96. The Labute approximate surface area is 125 Å². The molecule has 0 aliphatic carbocycles. The average Bonchev–Trinajstić information content (AvgIpc) is 2.45. The van der Waals surface area contributed by atoms with Crippen molar-refractivity contribution in [2.45, 2.75) is 31.3 Å². The van der Waals surface area contributed by atoms with E-state index in [9.17, 15) is 19.2 Å². The van der Waals surface area contributed by atoms with Crippen LogP contribution in [0, 0.1) is 0 Å². The van der Waals surface area contributed by atoms with Crippen molar-refractivity contribution in [2.75, 3.05) is 11.5 Å². The molecule has 7 heteroatoms. The maximum atomic E-state index is 12.0. The molecule has 21 heavy (non-hydrogen) atoms. The molecule has 1 aromatic rings. The Kier molecular flexibility index (Phi) is 5.19. The summed E-state index contributed by atoms with van der Waals surface area (Å²) >= 11 is 0. The third-order valence-electron chi connectivity index (χ3n) is 3.57. The third kappa shape index (κ3) is 4.44. The third-order valence-corrected chi connectivity index (χ3v) is 4.95. The summed E-state index contributed by atoms with van der Waals surface area (Å²) in [5.41, 5.74) is 6.54. The summed E-state index contributed by atoms with van der Waals surface area (Å²) in [4.78, 5) is 12.0. The highest BCUT2D eigenvalue weighted by Crippen LogP contribution is 2.25. The maximum Gasteiger partial charge on any atom is 0.237 e. The van der Waals surface area contributed by atoms with Crippen molar-refractivity contribution in [3.05, 3.63) is 23.8 Å². The number of carbonyl (C=O) groups is 1. The number of aromatic hydroxyl groups is 2. The van der Waals surface area contributed by atoms with Crippen molar-refractivity contribution in [1.82, 2.24) is 5.32 Å². The Morgan fingerprint density at radius 3 is 2.62 bits per heavy atom. The molecule has 1 atom stereocenters. The zero-order valence-electron chi connectivity index (χ0n) is 11.6. The van der Waals surface area contributed by atoms with Crippen LogP contribution in [0.25, 0.3) is 0 Å². The van der Waals surface area contributed by atoms with Crippen LogP contribution in [0.15, 0.2) is 18.2 Å². The van der Waals surface area contributed by atoms with Crippen LogP contribution in [-0.2, 0) is 22.0 Å². The molecule has 0 aromatic heterocycles. The molecule has 0 saturated carbocycles. The molecule has 1 aliphatic heterocycles. The predicted molar refractivity (Wildman–Crippen MR) is 80.5 cm³/mol. The Bertz CT molecular complexity index is 540. The van der Waals surface area contributed by atoms with Gasteiger partial charge in [0.15, 0.2) is 11.5 Å². The lowest BCUT2D eigenvalue weighted by molar-refractivity contribution is -0.123. The van der Waals surface area contributed by atoms with E-state index in [0.717, 1.165) is 0 Å². The molecule has 0 unspecified atom stereocenters. The number of hydrogen-bond acceptors (Lipinski definition) is 5. The fourth-order valence-electron chi connectivity index (χ4n) is 2.29. The topological polar surface area (TPSA) is 113 Å². The summed E-state index contributed by atoms with van der Waals surface area (Å²) in [5.74, 6) is 0.556. The zero-order valence-corrected chi connectivity index (χ0v) is 12.4. The van der Waals surface area contributed by atoms with Gasteiger partial charge in [-0.05, 0) is 37.0 Å². The van der Waals surface area contributed by atoms with Gasteiger partial charge in [0.05, 0.1) is 6.04 Å². The van der Waals surface area contributed by atoms with Gasteiger partial charge in [0.1, 0.15) is 0 Å². The largest absolute Gasteiger partial charge is 0.504 e. The normalized spacial score (nSPS) is 23.5. The quantitative estimate of drug-likeness (QED) is 0.584. The highest BCUT2D eigenvalue weighted by molar-refractivity contribution is 7.85. The predicted octanol–water partition coefficient (Wildman–Crippen LogP) is -0.00510. The van der Waals surface area contributed by atoms with Gasteiger partial charge < -0.3 is 21.3 Å². The molecule has 1 fully saturated rings. The molecule has 116 valence electrons. The number of phenols is 2. The van der Waals surface area contributed by atoms with Gasteiger partial charge in [0.2, 0.25) is 5.91 Å². The van der Waals surface area contributed by atoms with Gasteiger partial charge in [0, 0.05) is 28.3 Å². The summed E-state index contributed by atoms with van der Waals surface area (Å²) in [5, 5.41) is 21.5. The van der Waals surface area contributed by atoms with Gasteiger partial charge in [-0.15, -0.1) is 0 Å². The van der Waals surface area contributed by atoms with E-state index in [1.54, 1.807) is 6.07 Å². The fourth-order valence-corrected chi connectivity index (χ4v) is 3.59. The van der Waals surface area contributed by atoms with E-state index in [1.165, 1.54) is 12.1 Å². The van der Waals surface area contributed by atoms with Gasteiger partial charge in [-0.2, -0.15) is 0 Å². The maximum absolute atomic E-state index is 12.0. The Morgan fingerprint density at radius 2 is 2.00 bits per heavy atom. The minimum Gasteiger partial charge on any atom is -0.504 e. The van der Waals surface area contributed by atoms with Gasteiger partial charge in [0.25, 0.3) is 0 Å². The summed E-state index contributed by atoms with van der Waals surface area (Å²) in [6, 6.07) is 3.69. The first-order valence-corrected chi connectivity index (χ1v) is 8.36. The number of amides is 1. The number of carbonyl (C=O) groups excluding carboxylic acids is 1. The van der Waals surface area contributed by atoms with E-state index in [1.807, 2.05) is 0 Å². The van der Waals surface area contributed by atoms with E-state index in [-0.39, 0.29) is 29.9 Å². The molecule has 2 rings (SSSR count). The monoisotopic (exact) mass is 312 g/mol. The molecule has 0 spiro atoms. The van der Waals surface area contributed by atoms with Crippen LogP contribution < -0.4 is 11.1 Å².